The second kappa shape index (κ2) is 8.56. The Hall–Kier alpha value is -3.50. The smallest absolute Gasteiger partial charge is 0.317 e. The number of aromatic nitrogens is 3. The molecule has 0 spiro atoms. The molecule has 2 aliphatic rings. The van der Waals surface area contributed by atoms with Crippen molar-refractivity contribution >= 4 is 37.3 Å². The van der Waals surface area contributed by atoms with Crippen LogP contribution in [0.2, 0.25) is 0 Å². The lowest BCUT2D eigenvalue weighted by molar-refractivity contribution is 0.135. The lowest BCUT2D eigenvalue weighted by atomic mass is 9.94. The number of pyridine rings is 1. The standard InChI is InChI=1S/C24H20F2N6O3S/c1-32-6-11(33)2-10(32)7-35-24-30-4-13-14-8-34-9-15(14)17(19(26)20(13)31-24)21-18-12(3-27)23(28)36-22(18)16(25)5-29-21/h4-5,10-11,33H,2,6-9,28H2,1H3/t10-,11+/m0/s1. The van der Waals surface area contributed by atoms with E-state index in [1.54, 1.807) is 0 Å². The fourth-order valence-electron chi connectivity index (χ4n) is 5.02. The number of ether oxygens (including phenoxy) is 2. The van der Waals surface area contributed by atoms with Gasteiger partial charge in [-0.1, -0.05) is 0 Å². The van der Waals surface area contributed by atoms with Crippen molar-refractivity contribution in [1.29, 1.82) is 5.26 Å². The van der Waals surface area contributed by atoms with Crippen molar-refractivity contribution < 1.29 is 23.4 Å². The molecule has 36 heavy (non-hydrogen) atoms. The van der Waals surface area contributed by atoms with E-state index in [1.165, 1.54) is 6.20 Å². The maximum atomic E-state index is 16.2. The van der Waals surface area contributed by atoms with Gasteiger partial charge in [0.05, 0.1) is 41.5 Å². The lowest BCUT2D eigenvalue weighted by Crippen LogP contribution is -2.31. The number of aliphatic hydroxyl groups is 1. The Balaban J connectivity index is 1.51. The Morgan fingerprint density at radius 1 is 1.31 bits per heavy atom. The average molecular weight is 511 g/mol. The molecule has 0 saturated carbocycles. The quantitative estimate of drug-likeness (QED) is 0.425. The number of β-amino-alcohol motifs (C(OH)–C–C–N with tert-alkyl or cyclic N) is 1. The first kappa shape index (κ1) is 22.9. The van der Waals surface area contributed by atoms with Gasteiger partial charge in [0.25, 0.3) is 0 Å². The molecule has 0 amide bonds. The van der Waals surface area contributed by atoms with Crippen LogP contribution in [0.1, 0.15) is 23.1 Å². The van der Waals surface area contributed by atoms with Crippen LogP contribution in [-0.4, -0.2) is 57.3 Å². The Morgan fingerprint density at radius 3 is 2.86 bits per heavy atom. The first-order valence-electron chi connectivity index (χ1n) is 11.2. The van der Waals surface area contributed by atoms with E-state index in [2.05, 4.69) is 15.0 Å². The number of fused-ring (bicyclic) bond motifs is 4. The Labute approximate surface area is 207 Å². The van der Waals surface area contributed by atoms with E-state index in [9.17, 15) is 14.8 Å². The van der Waals surface area contributed by atoms with Crippen LogP contribution in [0.5, 0.6) is 6.01 Å². The van der Waals surface area contributed by atoms with E-state index in [-0.39, 0.29) is 69.3 Å². The summed E-state index contributed by atoms with van der Waals surface area (Å²) in [5.74, 6) is -1.33. The summed E-state index contributed by atoms with van der Waals surface area (Å²) in [5, 5.41) is 20.3. The maximum absolute atomic E-state index is 16.2. The minimum Gasteiger partial charge on any atom is -0.462 e. The molecule has 2 atom stereocenters. The molecule has 1 fully saturated rings. The number of aliphatic hydroxyl groups excluding tert-OH is 1. The summed E-state index contributed by atoms with van der Waals surface area (Å²) in [5.41, 5.74) is 7.50. The zero-order valence-corrected chi connectivity index (χ0v) is 19.9. The van der Waals surface area contributed by atoms with Gasteiger partial charge >= 0.3 is 6.01 Å². The zero-order chi connectivity index (χ0) is 25.1. The average Bonchev–Trinajstić information content (AvgIpc) is 3.56. The lowest BCUT2D eigenvalue weighted by Gasteiger charge is -2.18. The summed E-state index contributed by atoms with van der Waals surface area (Å²) in [7, 11) is 1.89. The number of hydrogen-bond donors (Lipinski definition) is 2. The predicted octanol–water partition coefficient (Wildman–Crippen LogP) is 3.11. The van der Waals surface area contributed by atoms with Gasteiger partial charge in [0.2, 0.25) is 0 Å². The van der Waals surface area contributed by atoms with E-state index in [0.717, 1.165) is 17.5 Å². The Morgan fingerprint density at radius 2 is 2.11 bits per heavy atom. The van der Waals surface area contributed by atoms with Gasteiger partial charge in [-0.15, -0.1) is 11.3 Å². The number of nitriles is 1. The number of nitrogens with two attached hydrogens (primary N) is 1. The highest BCUT2D eigenvalue weighted by molar-refractivity contribution is 7.23. The van der Waals surface area contributed by atoms with Crippen molar-refractivity contribution in [3.63, 3.8) is 0 Å². The van der Waals surface area contributed by atoms with Crippen LogP contribution in [0.15, 0.2) is 12.4 Å². The van der Waals surface area contributed by atoms with Gasteiger partial charge in [-0.3, -0.25) is 9.88 Å². The summed E-state index contributed by atoms with van der Waals surface area (Å²) in [6, 6.07) is 1.98. The maximum Gasteiger partial charge on any atom is 0.317 e. The highest BCUT2D eigenvalue weighted by atomic mass is 32.1. The van der Waals surface area contributed by atoms with Gasteiger partial charge in [-0.2, -0.15) is 10.2 Å². The number of anilines is 1. The number of nitrogen functional groups attached to an aromatic ring is 1. The molecule has 0 unspecified atom stereocenters. The molecule has 3 aromatic heterocycles. The normalized spacial score (nSPS) is 19.8. The van der Waals surface area contributed by atoms with E-state index < -0.39 is 17.7 Å². The molecular weight excluding hydrogens is 490 g/mol. The molecule has 12 heteroatoms. The molecule has 6 rings (SSSR count). The number of rotatable bonds is 4. The monoisotopic (exact) mass is 510 g/mol. The van der Waals surface area contributed by atoms with Gasteiger partial charge in [-0.25, -0.2) is 13.8 Å². The topological polar surface area (TPSA) is 130 Å². The minimum atomic E-state index is -0.691. The van der Waals surface area contributed by atoms with Crippen LogP contribution in [-0.2, 0) is 18.0 Å². The van der Waals surface area contributed by atoms with Crippen molar-refractivity contribution in [1.82, 2.24) is 19.9 Å². The molecule has 9 nitrogen and oxygen atoms in total. The van der Waals surface area contributed by atoms with Crippen molar-refractivity contribution in [2.45, 2.75) is 31.8 Å². The molecule has 3 N–H and O–H groups in total. The van der Waals surface area contributed by atoms with Crippen LogP contribution in [0.4, 0.5) is 13.8 Å². The third kappa shape index (κ3) is 3.47. The zero-order valence-electron chi connectivity index (χ0n) is 19.1. The highest BCUT2D eigenvalue weighted by Crippen LogP contribution is 2.44. The van der Waals surface area contributed by atoms with Gasteiger partial charge in [0.15, 0.2) is 11.6 Å². The van der Waals surface area contributed by atoms with Crippen LogP contribution >= 0.6 is 11.3 Å². The number of halogens is 2. The number of likely N-dealkylation sites (N-methyl/N-ethyl adjacent to an activating group) is 1. The van der Waals surface area contributed by atoms with Crippen LogP contribution in [0, 0.1) is 23.0 Å². The van der Waals surface area contributed by atoms with Crippen molar-refractivity contribution in [2.75, 3.05) is 25.9 Å². The molecule has 184 valence electrons. The Kier molecular flexibility index (Phi) is 5.45. The molecule has 0 bridgehead atoms. The molecule has 1 saturated heterocycles. The van der Waals surface area contributed by atoms with Gasteiger partial charge in [0.1, 0.15) is 23.2 Å². The SMILES string of the molecule is CN1C[C@H](O)C[C@H]1COc1ncc2c3c(c(-c4ncc(F)c5sc(N)c(C#N)c45)c(F)c2n1)COC3. The van der Waals surface area contributed by atoms with Gasteiger partial charge in [0, 0.05) is 35.1 Å². The van der Waals surface area contributed by atoms with E-state index >= 15 is 4.39 Å². The van der Waals surface area contributed by atoms with Crippen molar-refractivity contribution in [3.05, 3.63) is 40.7 Å². The first-order chi connectivity index (χ1) is 17.4. The van der Waals surface area contributed by atoms with E-state index in [0.29, 0.717) is 29.5 Å². The summed E-state index contributed by atoms with van der Waals surface area (Å²) in [4.78, 5) is 14.8. The van der Waals surface area contributed by atoms with E-state index in [1.807, 2.05) is 18.0 Å². The van der Waals surface area contributed by atoms with Gasteiger partial charge in [-0.05, 0) is 24.6 Å². The molecule has 1 aromatic carbocycles. The van der Waals surface area contributed by atoms with Crippen LogP contribution in [0.3, 0.4) is 0 Å². The minimum absolute atomic E-state index is 0.00397. The Bertz CT molecular complexity index is 1590. The highest BCUT2D eigenvalue weighted by Gasteiger charge is 2.31. The van der Waals surface area contributed by atoms with Crippen molar-refractivity contribution in [3.8, 4) is 23.3 Å². The van der Waals surface area contributed by atoms with Gasteiger partial charge < -0.3 is 20.3 Å². The van der Waals surface area contributed by atoms with Crippen LogP contribution in [0.25, 0.3) is 32.2 Å². The summed E-state index contributed by atoms with van der Waals surface area (Å²) < 4.78 is 42.3. The molecule has 5 heterocycles. The number of hydrogen-bond acceptors (Lipinski definition) is 10. The molecular formula is C24H20F2N6O3S. The van der Waals surface area contributed by atoms with Crippen molar-refractivity contribution in [2.24, 2.45) is 0 Å². The number of likely N-dealkylation sites (tertiary alicyclic amines) is 1. The molecule has 0 radical (unpaired) electrons. The molecule has 4 aromatic rings. The largest absolute Gasteiger partial charge is 0.462 e. The second-order valence-corrected chi connectivity index (χ2v) is 10.0. The number of thiophene rings is 1. The summed E-state index contributed by atoms with van der Waals surface area (Å²) in [6.07, 6.45) is 2.64. The van der Waals surface area contributed by atoms with Crippen LogP contribution < -0.4 is 10.5 Å². The summed E-state index contributed by atoms with van der Waals surface area (Å²) >= 11 is 0.922. The predicted molar refractivity (Wildman–Crippen MR) is 128 cm³/mol. The number of benzene rings is 1. The fraction of sp³-hybridized carbons (Fsp3) is 0.333. The first-order valence-corrected chi connectivity index (χ1v) is 12.0. The molecule has 2 aliphatic heterocycles. The summed E-state index contributed by atoms with van der Waals surface area (Å²) in [6.45, 7) is 1.12. The third-order valence-corrected chi connectivity index (χ3v) is 7.82. The molecule has 0 aliphatic carbocycles. The van der Waals surface area contributed by atoms with E-state index in [4.69, 9.17) is 15.2 Å². The number of nitrogens with zero attached hydrogens (tertiary/aromatic N) is 5. The fourth-order valence-corrected chi connectivity index (χ4v) is 5.94. The third-order valence-electron chi connectivity index (χ3n) is 6.79. The second-order valence-electron chi connectivity index (χ2n) is 8.96.